The summed E-state index contributed by atoms with van der Waals surface area (Å²) < 4.78 is 5.18. The number of carbonyl (C=O) groups is 4. The van der Waals surface area contributed by atoms with Gasteiger partial charge in [-0.2, -0.15) is 0 Å². The van der Waals surface area contributed by atoms with E-state index in [2.05, 4.69) is 5.32 Å². The third-order valence-corrected chi connectivity index (χ3v) is 4.01. The van der Waals surface area contributed by atoms with E-state index in [9.17, 15) is 19.2 Å². The van der Waals surface area contributed by atoms with Crippen molar-refractivity contribution >= 4 is 23.5 Å². The quantitative estimate of drug-likeness (QED) is 0.333. The summed E-state index contributed by atoms with van der Waals surface area (Å²) in [5.74, 6) is -0.544. The number of carbonyl (C=O) groups excluding carboxylic acids is 4. The van der Waals surface area contributed by atoms with E-state index in [-0.39, 0.29) is 101 Å². The second-order valence-electron chi connectivity index (χ2n) is 6.25. The van der Waals surface area contributed by atoms with E-state index in [1.807, 2.05) is 12.1 Å². The van der Waals surface area contributed by atoms with E-state index in [4.69, 9.17) is 4.74 Å². The van der Waals surface area contributed by atoms with Gasteiger partial charge in [0, 0.05) is 26.0 Å². The number of rotatable bonds is 10. The minimum atomic E-state index is -0.344. The van der Waals surface area contributed by atoms with Gasteiger partial charge in [-0.1, -0.05) is 29.8 Å². The van der Waals surface area contributed by atoms with Gasteiger partial charge >= 0.3 is 58.2 Å². The number of likely N-dealkylation sites (tertiary alicyclic amines) is 1. The zero-order valence-electron chi connectivity index (χ0n) is 15.9. The predicted molar refractivity (Wildman–Crippen MR) is 94.3 cm³/mol. The number of benzene rings is 1. The van der Waals surface area contributed by atoms with Crippen LogP contribution in [0.2, 0.25) is 0 Å². The molecule has 1 aliphatic heterocycles. The van der Waals surface area contributed by atoms with Crippen molar-refractivity contribution in [2.75, 3.05) is 19.8 Å². The van der Waals surface area contributed by atoms with Gasteiger partial charge in [0.2, 0.25) is 11.8 Å². The molecule has 27 heavy (non-hydrogen) atoms. The molecule has 0 unspecified atom stereocenters. The van der Waals surface area contributed by atoms with Crippen molar-refractivity contribution in [2.45, 2.75) is 39.2 Å². The first-order valence-corrected chi connectivity index (χ1v) is 8.64. The monoisotopic (exact) mass is 444 g/mol. The fourth-order valence-corrected chi connectivity index (χ4v) is 2.42. The number of hydrogen-bond donors (Lipinski definition) is 0. The van der Waals surface area contributed by atoms with E-state index in [0.717, 1.165) is 11.1 Å². The van der Waals surface area contributed by atoms with Crippen molar-refractivity contribution in [3.63, 3.8) is 0 Å². The maximum Gasteiger partial charge on any atom is 1.00 e. The zero-order valence-corrected chi connectivity index (χ0v) is 20.8. The minimum absolute atomic E-state index is 0. The molecule has 140 valence electrons. The minimum Gasteiger partial charge on any atom is -0.648 e. The summed E-state index contributed by atoms with van der Waals surface area (Å²) in [6.45, 7) is 2.55. The second kappa shape index (κ2) is 12.7. The molecule has 0 N–H and O–H groups in total. The first kappa shape index (κ1) is 24.3. The Bertz CT molecular complexity index is 675. The Morgan fingerprint density at radius 1 is 1.15 bits per heavy atom. The smallest absolute Gasteiger partial charge is 0.648 e. The van der Waals surface area contributed by atoms with Gasteiger partial charge in [-0.05, 0) is 18.9 Å². The molecule has 1 saturated heterocycles. The topological polar surface area (TPSA) is 94.8 Å². The number of ether oxygens (including phenoxy) is 1. The molecule has 8 heteroatoms. The van der Waals surface area contributed by atoms with Crippen LogP contribution in [0.3, 0.4) is 0 Å². The van der Waals surface area contributed by atoms with Crippen LogP contribution >= 0.6 is 0 Å². The van der Waals surface area contributed by atoms with Gasteiger partial charge in [-0.3, -0.25) is 14.5 Å². The molecule has 0 saturated carbocycles. The Morgan fingerprint density at radius 3 is 2.37 bits per heavy atom. The van der Waals surface area contributed by atoms with Gasteiger partial charge in [-0.15, -0.1) is 6.54 Å². The molecule has 1 aromatic rings. The van der Waals surface area contributed by atoms with E-state index in [1.165, 1.54) is 11.8 Å². The van der Waals surface area contributed by atoms with E-state index >= 15 is 0 Å². The Balaban J connectivity index is 0.00000364. The molecule has 1 heterocycles. The average Bonchev–Trinajstić information content (AvgIpc) is 2.59. The number of ketones is 1. The number of Topliss-reactive ketones (excluding diaryl/α,β-unsaturated/α-hetero) is 1. The normalized spacial score (nSPS) is 12.8. The summed E-state index contributed by atoms with van der Waals surface area (Å²) in [6.07, 6.45) is 1.69. The Labute approximate surface area is 208 Å². The van der Waals surface area contributed by atoms with E-state index < -0.39 is 0 Å². The van der Waals surface area contributed by atoms with Crippen molar-refractivity contribution in [1.82, 2.24) is 4.90 Å². The Morgan fingerprint density at radius 2 is 1.81 bits per heavy atom. The summed E-state index contributed by atoms with van der Waals surface area (Å²) in [5, 5.41) is 3.93. The van der Waals surface area contributed by atoms with Crippen LogP contribution in [0, 0.1) is 0 Å². The van der Waals surface area contributed by atoms with Crippen molar-refractivity contribution in [3.8, 4) is 0 Å². The van der Waals surface area contributed by atoms with Crippen molar-refractivity contribution < 1.29 is 82.1 Å². The van der Waals surface area contributed by atoms with Crippen LogP contribution in [0.15, 0.2) is 24.3 Å². The van der Waals surface area contributed by atoms with Crippen LogP contribution < -0.4 is 58.2 Å². The molecule has 1 aromatic carbocycles. The molecule has 2 rings (SSSR count). The fraction of sp³-hybridized carbons (Fsp3) is 0.474. The van der Waals surface area contributed by atoms with Gasteiger partial charge in [0.25, 0.3) is 0 Å². The van der Waals surface area contributed by atoms with Crippen LogP contribution in [-0.2, 0) is 36.9 Å². The summed E-state index contributed by atoms with van der Waals surface area (Å²) >= 11 is 0. The number of amides is 3. The standard InChI is InChI=1S/C19H24N2O5.Rb/c1-14(22)3-2-10-26-13-17(23)20-12-16-6-4-15(5-7-16)11-19(25)21-9-8-18(21)24;/h4-7H,2-3,8-13H2,1H3,(H,20,23);/q;+1/p-1. The number of nitrogens with zero attached hydrogens (tertiary/aromatic N) is 2. The molecule has 0 radical (unpaired) electrons. The largest absolute Gasteiger partial charge is 1.00 e. The van der Waals surface area contributed by atoms with Gasteiger partial charge in [0.15, 0.2) is 0 Å². The van der Waals surface area contributed by atoms with Crippen molar-refractivity contribution in [3.05, 3.63) is 40.7 Å². The van der Waals surface area contributed by atoms with Gasteiger partial charge in [0.1, 0.15) is 5.78 Å². The number of imide groups is 1. The Kier molecular flexibility index (Phi) is 11.4. The summed E-state index contributed by atoms with van der Waals surface area (Å²) in [7, 11) is 0. The summed E-state index contributed by atoms with van der Waals surface area (Å²) in [4.78, 5) is 46.8. The Hall–Kier alpha value is -0.735. The van der Waals surface area contributed by atoms with E-state index in [0.29, 0.717) is 32.4 Å². The second-order valence-corrected chi connectivity index (χ2v) is 6.25. The molecule has 1 fully saturated rings. The van der Waals surface area contributed by atoms with Gasteiger partial charge in [-0.25, -0.2) is 0 Å². The zero-order chi connectivity index (χ0) is 18.9. The molecule has 0 aliphatic carbocycles. The molecule has 0 aromatic heterocycles. The van der Waals surface area contributed by atoms with Crippen molar-refractivity contribution in [1.29, 1.82) is 0 Å². The molecule has 0 spiro atoms. The van der Waals surface area contributed by atoms with Crippen LogP contribution in [0.5, 0.6) is 0 Å². The molecule has 1 aliphatic rings. The molecular weight excluding hydrogens is 422 g/mol. The molecule has 3 amide bonds. The molecule has 0 bridgehead atoms. The maximum atomic E-state index is 11.9. The third-order valence-electron chi connectivity index (χ3n) is 4.01. The van der Waals surface area contributed by atoms with Gasteiger partial charge < -0.3 is 19.6 Å². The summed E-state index contributed by atoms with van der Waals surface area (Å²) in [5.41, 5.74) is 1.67. The van der Waals surface area contributed by atoms with Crippen LogP contribution in [0.25, 0.3) is 5.32 Å². The average molecular weight is 445 g/mol. The first-order valence-electron chi connectivity index (χ1n) is 8.64. The van der Waals surface area contributed by atoms with Gasteiger partial charge in [0.05, 0.1) is 18.9 Å². The van der Waals surface area contributed by atoms with Crippen LogP contribution in [0.1, 0.15) is 37.3 Å². The SMILES string of the molecule is CC(=O)CCCOCC(=O)[N-]Cc1ccc(CC(=O)N2CCC2=O)cc1.[Rb+]. The summed E-state index contributed by atoms with van der Waals surface area (Å²) in [6, 6.07) is 7.22. The fourth-order valence-electron chi connectivity index (χ4n) is 2.42. The van der Waals surface area contributed by atoms with Crippen LogP contribution in [0.4, 0.5) is 0 Å². The molecule has 0 atom stereocenters. The van der Waals surface area contributed by atoms with Crippen molar-refractivity contribution in [2.24, 2.45) is 0 Å². The van der Waals surface area contributed by atoms with Crippen LogP contribution in [-0.4, -0.2) is 48.2 Å². The number of β-lactam (4-membered cyclic amide) rings is 1. The maximum absolute atomic E-state index is 11.9. The first-order chi connectivity index (χ1) is 12.5. The molecule has 7 nitrogen and oxygen atoms in total. The molecular formula is C19H23N2O5Rb. The number of hydrogen-bond acceptors (Lipinski definition) is 5. The predicted octanol–water partition coefficient (Wildman–Crippen LogP) is -1.22. The van der Waals surface area contributed by atoms with E-state index in [1.54, 1.807) is 12.1 Å². The third kappa shape index (κ3) is 8.87.